The molecule has 1 aliphatic carbocycles. The number of benzene rings is 2. The molecule has 0 radical (unpaired) electrons. The van der Waals surface area contributed by atoms with Gasteiger partial charge in [0, 0.05) is 36.8 Å². The van der Waals surface area contributed by atoms with E-state index in [0.717, 1.165) is 36.7 Å². The van der Waals surface area contributed by atoms with Gasteiger partial charge in [-0.3, -0.25) is 9.59 Å². The lowest BCUT2D eigenvalue weighted by atomic mass is 9.74. The van der Waals surface area contributed by atoms with Crippen molar-refractivity contribution < 1.29 is 9.59 Å². The van der Waals surface area contributed by atoms with E-state index in [-0.39, 0.29) is 22.8 Å². The highest BCUT2D eigenvalue weighted by Gasteiger charge is 2.37. The summed E-state index contributed by atoms with van der Waals surface area (Å²) in [5.74, 6) is 0.814. The molecule has 3 aromatic rings. The summed E-state index contributed by atoms with van der Waals surface area (Å²) in [6, 6.07) is 18.8. The Kier molecular flexibility index (Phi) is 7.75. The number of hydrogen-bond acceptors (Lipinski definition) is 7. The van der Waals surface area contributed by atoms with E-state index < -0.39 is 5.91 Å². The third-order valence-corrected chi connectivity index (χ3v) is 9.22. The van der Waals surface area contributed by atoms with E-state index in [1.807, 2.05) is 30.3 Å². The Balaban J connectivity index is 1.14. The van der Waals surface area contributed by atoms with E-state index in [4.69, 9.17) is 10.7 Å². The van der Waals surface area contributed by atoms with Crippen molar-refractivity contribution in [2.45, 2.75) is 63.3 Å². The summed E-state index contributed by atoms with van der Waals surface area (Å²) >= 11 is 0. The lowest BCUT2D eigenvalue weighted by Gasteiger charge is -2.40. The van der Waals surface area contributed by atoms with Crippen molar-refractivity contribution >= 4 is 29.0 Å². The number of rotatable bonds is 9. The van der Waals surface area contributed by atoms with Gasteiger partial charge in [0.15, 0.2) is 17.3 Å². The SMILES string of the molecule is CC1(c2ccc(Nc3nc(N4CCC[C@@H](CC(=O)c5ccccc5)C4)cnc3C(N)=O)cc2)CCN(C2CC2)CC1. The van der Waals surface area contributed by atoms with Crippen LogP contribution in [0.5, 0.6) is 0 Å². The quantitative estimate of drug-likeness (QED) is 0.346. The van der Waals surface area contributed by atoms with Gasteiger partial charge in [-0.15, -0.1) is 0 Å². The molecule has 2 aliphatic heterocycles. The van der Waals surface area contributed by atoms with E-state index in [2.05, 4.69) is 51.3 Å². The van der Waals surface area contributed by atoms with E-state index in [9.17, 15) is 9.59 Å². The summed E-state index contributed by atoms with van der Waals surface area (Å²) in [7, 11) is 0. The lowest BCUT2D eigenvalue weighted by Crippen LogP contribution is -2.41. The number of piperidine rings is 2. The average Bonchev–Trinajstić information content (AvgIpc) is 3.84. The Morgan fingerprint density at radius 1 is 1.00 bits per heavy atom. The molecule has 3 N–H and O–H groups in total. The van der Waals surface area contributed by atoms with Crippen molar-refractivity contribution in [3.63, 3.8) is 0 Å². The number of amides is 1. The number of nitrogens with two attached hydrogens (primary N) is 1. The largest absolute Gasteiger partial charge is 0.364 e. The van der Waals surface area contributed by atoms with Gasteiger partial charge in [0.25, 0.3) is 5.91 Å². The molecule has 8 nitrogen and oxygen atoms in total. The highest BCUT2D eigenvalue weighted by Crippen LogP contribution is 2.39. The van der Waals surface area contributed by atoms with Gasteiger partial charge >= 0.3 is 0 Å². The third-order valence-electron chi connectivity index (χ3n) is 9.22. The normalized spacial score (nSPS) is 20.9. The minimum absolute atomic E-state index is 0.116. The molecule has 1 aromatic heterocycles. The zero-order valence-corrected chi connectivity index (χ0v) is 23.9. The standard InChI is InChI=1S/C33H40N6O2/c1-33(15-18-38(19-16-33)27-13-14-27)25-9-11-26(12-10-25)36-32-30(31(34)41)35-21-29(37-32)39-17-5-6-23(22-39)20-28(40)24-7-3-2-4-8-24/h2-4,7-12,21,23,27H,5-6,13-20,22H2,1H3,(H2,34,41)(H,36,37)/t23-/m0/s1. The van der Waals surface area contributed by atoms with Crippen LogP contribution in [0, 0.1) is 5.92 Å². The molecule has 41 heavy (non-hydrogen) atoms. The molecular formula is C33H40N6O2. The summed E-state index contributed by atoms with van der Waals surface area (Å²) in [6.45, 7) is 6.26. The predicted molar refractivity (Wildman–Crippen MR) is 162 cm³/mol. The Hall–Kier alpha value is -3.78. The molecule has 0 spiro atoms. The van der Waals surface area contributed by atoms with Crippen LogP contribution in [0.4, 0.5) is 17.3 Å². The van der Waals surface area contributed by atoms with Gasteiger partial charge in [0.1, 0.15) is 5.82 Å². The molecule has 1 amide bonds. The predicted octanol–water partition coefficient (Wildman–Crippen LogP) is 5.32. The van der Waals surface area contributed by atoms with Crippen LogP contribution in [0.25, 0.3) is 0 Å². The number of primary amides is 1. The van der Waals surface area contributed by atoms with Crippen molar-refractivity contribution in [2.24, 2.45) is 11.7 Å². The Bertz CT molecular complexity index is 1380. The van der Waals surface area contributed by atoms with Crippen molar-refractivity contribution in [1.82, 2.24) is 14.9 Å². The summed E-state index contributed by atoms with van der Waals surface area (Å²) in [6.07, 6.45) is 9.14. The number of nitrogens with one attached hydrogen (secondary N) is 1. The molecular weight excluding hydrogens is 512 g/mol. The number of carbonyl (C=O) groups is 2. The summed E-state index contributed by atoms with van der Waals surface area (Å²) < 4.78 is 0. The summed E-state index contributed by atoms with van der Waals surface area (Å²) in [4.78, 5) is 39.0. The topological polar surface area (TPSA) is 104 Å². The van der Waals surface area contributed by atoms with Crippen LogP contribution >= 0.6 is 0 Å². The van der Waals surface area contributed by atoms with Gasteiger partial charge in [0.05, 0.1) is 6.20 Å². The van der Waals surface area contributed by atoms with Crippen LogP contribution in [0.1, 0.15) is 78.3 Å². The van der Waals surface area contributed by atoms with Gasteiger partial charge in [-0.1, -0.05) is 49.4 Å². The van der Waals surface area contributed by atoms with E-state index in [1.54, 1.807) is 6.20 Å². The molecule has 0 unspecified atom stereocenters. The van der Waals surface area contributed by atoms with Crippen LogP contribution in [0.2, 0.25) is 0 Å². The van der Waals surface area contributed by atoms with Crippen molar-refractivity contribution in [2.75, 3.05) is 36.4 Å². The average molecular weight is 553 g/mol. The molecule has 214 valence electrons. The second-order valence-corrected chi connectivity index (χ2v) is 12.3. The van der Waals surface area contributed by atoms with Crippen molar-refractivity contribution in [3.8, 4) is 0 Å². The van der Waals surface area contributed by atoms with Gasteiger partial charge < -0.3 is 20.9 Å². The minimum Gasteiger partial charge on any atom is -0.364 e. The fourth-order valence-electron chi connectivity index (χ4n) is 6.45. The Labute approximate surface area is 242 Å². The van der Waals surface area contributed by atoms with Crippen LogP contribution in [-0.2, 0) is 5.41 Å². The first-order valence-electron chi connectivity index (χ1n) is 15.0. The first kappa shape index (κ1) is 27.4. The number of Topliss-reactive ketones (excluding diaryl/α,β-unsaturated/α-hetero) is 1. The molecule has 3 heterocycles. The maximum Gasteiger partial charge on any atom is 0.271 e. The number of carbonyl (C=O) groups excluding carboxylic acids is 2. The van der Waals surface area contributed by atoms with Gasteiger partial charge in [0.2, 0.25) is 0 Å². The number of anilines is 3. The number of likely N-dealkylation sites (tertiary alicyclic amines) is 1. The first-order valence-corrected chi connectivity index (χ1v) is 15.0. The molecule has 2 saturated heterocycles. The summed E-state index contributed by atoms with van der Waals surface area (Å²) in [5, 5.41) is 3.31. The second kappa shape index (κ2) is 11.6. The number of ketones is 1. The second-order valence-electron chi connectivity index (χ2n) is 12.3. The van der Waals surface area contributed by atoms with Crippen LogP contribution in [0.15, 0.2) is 60.8 Å². The van der Waals surface area contributed by atoms with Gasteiger partial charge in [-0.2, -0.15) is 0 Å². The molecule has 3 aliphatic rings. The zero-order valence-electron chi connectivity index (χ0n) is 23.9. The zero-order chi connectivity index (χ0) is 28.4. The molecule has 8 heteroatoms. The summed E-state index contributed by atoms with van der Waals surface area (Å²) in [5.41, 5.74) is 8.90. The number of nitrogens with zero attached hydrogens (tertiary/aromatic N) is 4. The van der Waals surface area contributed by atoms with Crippen molar-refractivity contribution in [3.05, 3.63) is 77.6 Å². The monoisotopic (exact) mass is 552 g/mol. The molecule has 1 saturated carbocycles. The highest BCUT2D eigenvalue weighted by atomic mass is 16.1. The highest BCUT2D eigenvalue weighted by molar-refractivity contribution is 5.97. The number of hydrogen-bond donors (Lipinski definition) is 2. The van der Waals surface area contributed by atoms with Crippen molar-refractivity contribution in [1.29, 1.82) is 0 Å². The van der Waals surface area contributed by atoms with Crippen LogP contribution < -0.4 is 16.0 Å². The van der Waals surface area contributed by atoms with Gasteiger partial charge in [-0.05, 0) is 80.6 Å². The van der Waals surface area contributed by atoms with E-state index in [1.165, 1.54) is 44.3 Å². The fraction of sp³-hybridized carbons (Fsp3) is 0.455. The maximum atomic E-state index is 12.8. The van der Waals surface area contributed by atoms with Crippen LogP contribution in [-0.4, -0.2) is 58.8 Å². The smallest absolute Gasteiger partial charge is 0.271 e. The number of aromatic nitrogens is 2. The molecule has 6 rings (SSSR count). The third kappa shape index (κ3) is 6.27. The molecule has 0 bridgehead atoms. The molecule has 3 fully saturated rings. The van der Waals surface area contributed by atoms with Crippen LogP contribution in [0.3, 0.4) is 0 Å². The Morgan fingerprint density at radius 3 is 2.41 bits per heavy atom. The van der Waals surface area contributed by atoms with E-state index >= 15 is 0 Å². The Morgan fingerprint density at radius 2 is 1.73 bits per heavy atom. The maximum absolute atomic E-state index is 12.8. The fourth-order valence-corrected chi connectivity index (χ4v) is 6.45. The lowest BCUT2D eigenvalue weighted by molar-refractivity contribution is 0.0954. The molecule has 2 aromatic carbocycles. The first-order chi connectivity index (χ1) is 19.9. The van der Waals surface area contributed by atoms with Gasteiger partial charge in [-0.25, -0.2) is 9.97 Å². The van der Waals surface area contributed by atoms with E-state index in [0.29, 0.717) is 24.6 Å². The molecule has 1 atom stereocenters. The minimum atomic E-state index is -0.622.